The first-order valence-electron chi connectivity index (χ1n) is 6.23. The number of amides is 1. The van der Waals surface area contributed by atoms with Crippen LogP contribution in [0.1, 0.15) is 23.7 Å². The van der Waals surface area contributed by atoms with Crippen LogP contribution in [0.15, 0.2) is 41.6 Å². The number of anilines is 1. The summed E-state index contributed by atoms with van der Waals surface area (Å²) >= 11 is 5.91. The number of rotatable bonds is 4. The highest BCUT2D eigenvalue weighted by atomic mass is 35.5. The van der Waals surface area contributed by atoms with Crippen molar-refractivity contribution in [2.24, 2.45) is 0 Å². The summed E-state index contributed by atoms with van der Waals surface area (Å²) in [5.41, 5.74) is 0.803. The van der Waals surface area contributed by atoms with Gasteiger partial charge in [0, 0.05) is 31.2 Å². The number of nitrogens with one attached hydrogen (secondary N) is 1. The Morgan fingerprint density at radius 3 is 2.90 bits per heavy atom. The molecular formula is C14H14ClN3O2. The number of halogens is 1. The van der Waals surface area contributed by atoms with Crippen molar-refractivity contribution in [1.82, 2.24) is 9.55 Å². The molecule has 2 aromatic rings. The predicted octanol–water partition coefficient (Wildman–Crippen LogP) is 2.56. The van der Waals surface area contributed by atoms with Crippen LogP contribution in [0, 0.1) is 0 Å². The summed E-state index contributed by atoms with van der Waals surface area (Å²) in [6.45, 7) is 2.59. The van der Waals surface area contributed by atoms with E-state index in [9.17, 15) is 9.59 Å². The van der Waals surface area contributed by atoms with Crippen LogP contribution in [0.4, 0.5) is 5.69 Å². The van der Waals surface area contributed by atoms with Gasteiger partial charge in [0.25, 0.3) is 11.5 Å². The van der Waals surface area contributed by atoms with E-state index in [0.717, 1.165) is 6.42 Å². The zero-order valence-electron chi connectivity index (χ0n) is 11.0. The number of carbonyl (C=O) groups excluding carboxylic acids is 1. The third-order valence-corrected chi connectivity index (χ3v) is 3.02. The average molecular weight is 292 g/mol. The molecule has 104 valence electrons. The van der Waals surface area contributed by atoms with Crippen LogP contribution in [-0.4, -0.2) is 15.5 Å². The molecule has 2 rings (SSSR count). The van der Waals surface area contributed by atoms with Gasteiger partial charge in [-0.05, 0) is 18.6 Å². The Hall–Kier alpha value is -2.14. The first-order valence-corrected chi connectivity index (χ1v) is 6.61. The molecule has 0 saturated heterocycles. The van der Waals surface area contributed by atoms with E-state index in [0.29, 0.717) is 17.8 Å². The monoisotopic (exact) mass is 291 g/mol. The van der Waals surface area contributed by atoms with E-state index in [1.807, 2.05) is 6.92 Å². The van der Waals surface area contributed by atoms with Crippen LogP contribution in [0.2, 0.25) is 5.02 Å². The number of hydrogen-bond acceptors (Lipinski definition) is 3. The second-order valence-electron chi connectivity index (χ2n) is 4.26. The van der Waals surface area contributed by atoms with Gasteiger partial charge in [0.2, 0.25) is 0 Å². The van der Waals surface area contributed by atoms with Crippen molar-refractivity contribution in [1.29, 1.82) is 0 Å². The Kier molecular flexibility index (Phi) is 4.53. The highest BCUT2D eigenvalue weighted by molar-refractivity contribution is 6.34. The molecule has 0 aliphatic heterocycles. The van der Waals surface area contributed by atoms with Gasteiger partial charge in [-0.25, -0.2) is 0 Å². The standard InChI is InChI=1S/C14H14ClN3O2/c1-2-7-18-9-10(3-4-13(18)19)17-14(20)11-5-6-16-8-12(11)15/h3-6,8-9H,2,7H2,1H3,(H,17,20). The number of hydrogen-bond donors (Lipinski definition) is 1. The first-order chi connectivity index (χ1) is 9.61. The van der Waals surface area contributed by atoms with Gasteiger partial charge in [0.1, 0.15) is 0 Å². The molecule has 1 N–H and O–H groups in total. The molecular weight excluding hydrogens is 278 g/mol. The second-order valence-corrected chi connectivity index (χ2v) is 4.67. The van der Waals surface area contributed by atoms with Crippen LogP contribution in [0.3, 0.4) is 0 Å². The Balaban J connectivity index is 2.22. The average Bonchev–Trinajstić information content (AvgIpc) is 2.43. The molecule has 5 nitrogen and oxygen atoms in total. The van der Waals surface area contributed by atoms with Crippen LogP contribution >= 0.6 is 11.6 Å². The molecule has 0 bridgehead atoms. The van der Waals surface area contributed by atoms with Crippen molar-refractivity contribution in [2.75, 3.05) is 5.32 Å². The van der Waals surface area contributed by atoms with Gasteiger partial charge in [0.15, 0.2) is 0 Å². The lowest BCUT2D eigenvalue weighted by atomic mass is 10.2. The Morgan fingerprint density at radius 2 is 2.20 bits per heavy atom. The fourth-order valence-corrected chi connectivity index (χ4v) is 1.98. The van der Waals surface area contributed by atoms with E-state index < -0.39 is 0 Å². The Morgan fingerprint density at radius 1 is 1.40 bits per heavy atom. The van der Waals surface area contributed by atoms with E-state index in [-0.39, 0.29) is 16.5 Å². The predicted molar refractivity (Wildman–Crippen MR) is 78.2 cm³/mol. The van der Waals surface area contributed by atoms with Gasteiger partial charge < -0.3 is 9.88 Å². The van der Waals surface area contributed by atoms with Gasteiger partial charge in [-0.15, -0.1) is 0 Å². The van der Waals surface area contributed by atoms with E-state index in [1.165, 1.54) is 18.5 Å². The largest absolute Gasteiger partial charge is 0.321 e. The summed E-state index contributed by atoms with van der Waals surface area (Å²) in [5, 5.41) is 3.00. The zero-order valence-corrected chi connectivity index (χ0v) is 11.7. The van der Waals surface area contributed by atoms with Gasteiger partial charge >= 0.3 is 0 Å². The summed E-state index contributed by atoms with van der Waals surface area (Å²) in [6.07, 6.45) is 5.37. The summed E-state index contributed by atoms with van der Waals surface area (Å²) in [4.78, 5) is 27.5. The van der Waals surface area contributed by atoms with Crippen molar-refractivity contribution in [2.45, 2.75) is 19.9 Å². The fourth-order valence-electron chi connectivity index (χ4n) is 1.78. The minimum absolute atomic E-state index is 0.0909. The smallest absolute Gasteiger partial charge is 0.257 e. The number of pyridine rings is 2. The van der Waals surface area contributed by atoms with Crippen molar-refractivity contribution in [3.8, 4) is 0 Å². The van der Waals surface area contributed by atoms with E-state index >= 15 is 0 Å². The summed E-state index contributed by atoms with van der Waals surface area (Å²) in [5.74, 6) is -0.334. The quantitative estimate of drug-likeness (QED) is 0.941. The van der Waals surface area contributed by atoms with Crippen molar-refractivity contribution in [3.63, 3.8) is 0 Å². The molecule has 2 heterocycles. The molecule has 0 aromatic carbocycles. The number of carbonyl (C=O) groups is 1. The number of nitrogens with zero attached hydrogens (tertiary/aromatic N) is 2. The molecule has 0 radical (unpaired) electrons. The van der Waals surface area contributed by atoms with Crippen molar-refractivity contribution >= 4 is 23.2 Å². The molecule has 0 atom stereocenters. The molecule has 0 unspecified atom stereocenters. The van der Waals surface area contributed by atoms with Crippen LogP contribution < -0.4 is 10.9 Å². The lowest BCUT2D eigenvalue weighted by molar-refractivity contribution is 0.102. The van der Waals surface area contributed by atoms with E-state index in [4.69, 9.17) is 11.6 Å². The third kappa shape index (κ3) is 3.24. The Bertz CT molecular complexity index is 682. The number of aryl methyl sites for hydroxylation is 1. The topological polar surface area (TPSA) is 64.0 Å². The van der Waals surface area contributed by atoms with Gasteiger partial charge in [-0.2, -0.15) is 0 Å². The molecule has 20 heavy (non-hydrogen) atoms. The van der Waals surface area contributed by atoms with E-state index in [1.54, 1.807) is 22.9 Å². The molecule has 0 aliphatic rings. The highest BCUT2D eigenvalue weighted by Gasteiger charge is 2.10. The maximum atomic E-state index is 12.1. The summed E-state index contributed by atoms with van der Waals surface area (Å²) < 4.78 is 1.56. The maximum Gasteiger partial charge on any atom is 0.257 e. The highest BCUT2D eigenvalue weighted by Crippen LogP contribution is 2.15. The van der Waals surface area contributed by atoms with Gasteiger partial charge in [-0.1, -0.05) is 18.5 Å². The molecule has 0 saturated carbocycles. The van der Waals surface area contributed by atoms with Crippen LogP contribution in [0.5, 0.6) is 0 Å². The Labute approximate surface area is 121 Å². The molecule has 0 fully saturated rings. The molecule has 0 spiro atoms. The zero-order chi connectivity index (χ0) is 14.5. The van der Waals surface area contributed by atoms with Crippen molar-refractivity contribution < 1.29 is 4.79 Å². The van der Waals surface area contributed by atoms with Gasteiger partial charge in [0.05, 0.1) is 16.3 Å². The lowest BCUT2D eigenvalue weighted by Crippen LogP contribution is -2.20. The second kappa shape index (κ2) is 6.34. The van der Waals surface area contributed by atoms with Gasteiger partial charge in [-0.3, -0.25) is 14.6 Å². The first kappa shape index (κ1) is 14.3. The SMILES string of the molecule is CCCn1cc(NC(=O)c2ccncc2Cl)ccc1=O. The molecule has 2 aromatic heterocycles. The number of aromatic nitrogens is 2. The minimum atomic E-state index is -0.334. The maximum absolute atomic E-state index is 12.1. The normalized spacial score (nSPS) is 10.3. The molecule has 6 heteroatoms. The fraction of sp³-hybridized carbons (Fsp3) is 0.214. The van der Waals surface area contributed by atoms with Crippen molar-refractivity contribution in [3.05, 3.63) is 57.7 Å². The lowest BCUT2D eigenvalue weighted by Gasteiger charge is -2.09. The third-order valence-electron chi connectivity index (χ3n) is 2.72. The molecule has 1 amide bonds. The van der Waals surface area contributed by atoms with Crippen LogP contribution in [0.25, 0.3) is 0 Å². The summed E-state index contributed by atoms with van der Waals surface area (Å²) in [6, 6.07) is 4.54. The summed E-state index contributed by atoms with van der Waals surface area (Å²) in [7, 11) is 0. The molecule has 0 aliphatic carbocycles. The minimum Gasteiger partial charge on any atom is -0.321 e. The van der Waals surface area contributed by atoms with E-state index in [2.05, 4.69) is 10.3 Å². The van der Waals surface area contributed by atoms with Crippen LogP contribution in [-0.2, 0) is 6.54 Å².